The monoisotopic (exact) mass is 412 g/mol. The fourth-order valence-corrected chi connectivity index (χ4v) is 0. The van der Waals surface area contributed by atoms with Crippen molar-refractivity contribution in [2.24, 2.45) is 0 Å². The Balaban J connectivity index is -0.0000000369. The number of hydrogen-bond donors (Lipinski definition) is 12. The summed E-state index contributed by atoms with van der Waals surface area (Å²) in [5, 5.41) is 86.0. The van der Waals surface area contributed by atoms with Crippen molar-refractivity contribution >= 4 is 29.3 Å². The van der Waals surface area contributed by atoms with Gasteiger partial charge in [-0.1, -0.05) is 0 Å². The second kappa shape index (κ2) is 25.8. The van der Waals surface area contributed by atoms with Crippen LogP contribution in [0.15, 0.2) is 0 Å². The zero-order chi connectivity index (χ0) is 14.3. The smallest absolute Gasteiger partial charge is 0.402 e. The van der Waals surface area contributed by atoms with Crippen molar-refractivity contribution in [3.8, 4) is 0 Å². The topological polar surface area (TPSA) is 243 Å². The summed E-state index contributed by atoms with van der Waals surface area (Å²) in [4.78, 5) is 0. The number of hydrogen-bond acceptors (Lipinski definition) is 12. The largest absolute Gasteiger partial charge is 0.631 e. The normalized spacial score (nSPS) is 6.35. The molecule has 0 heterocycles. The molecular weight excluding hydrogens is 398 g/mol. The third kappa shape index (κ3) is 3490. The van der Waals surface area contributed by atoms with Crippen LogP contribution < -0.4 is 0 Å². The van der Waals surface area contributed by atoms with Gasteiger partial charge in [0.15, 0.2) is 0 Å². The van der Waals surface area contributed by atoms with Gasteiger partial charge in [0, 0.05) is 38.2 Å². The van der Waals surface area contributed by atoms with E-state index in [1.165, 1.54) is 0 Å². The zero-order valence-electron chi connectivity index (χ0n) is 7.99. The molecule has 12 nitrogen and oxygen atoms in total. The maximum absolute atomic E-state index is 7.17. The molecule has 0 unspecified atom stereocenters. The first-order valence-electron chi connectivity index (χ1n) is 3.10. The zero-order valence-corrected chi connectivity index (χ0v) is 10.0. The van der Waals surface area contributed by atoms with Gasteiger partial charge in [-0.15, -0.1) is 0 Å². The summed E-state index contributed by atoms with van der Waals surface area (Å²) in [7, 11) is -8.67. The first kappa shape index (κ1) is 30.8. The van der Waals surface area contributed by atoms with Crippen LogP contribution in [0.4, 0.5) is 0 Å². The molecule has 106 valence electrons. The van der Waals surface area contributed by atoms with Gasteiger partial charge in [-0.05, 0) is 0 Å². The van der Waals surface area contributed by atoms with Gasteiger partial charge < -0.3 is 60.3 Å². The predicted molar refractivity (Wildman–Crippen MR) is 49.6 cm³/mol. The standard InChI is InChI=1S/4BH3O3.Dy/c4*2-1(3)4;/h4*2-4H;. The van der Waals surface area contributed by atoms with Gasteiger partial charge in [0.1, 0.15) is 0 Å². The summed E-state index contributed by atoms with van der Waals surface area (Å²) in [5.74, 6) is 0. The van der Waals surface area contributed by atoms with Crippen LogP contribution >= 0.6 is 0 Å². The Morgan fingerprint density at radius 2 is 0.294 bits per heavy atom. The Morgan fingerprint density at radius 1 is 0.294 bits per heavy atom. The van der Waals surface area contributed by atoms with E-state index in [0.29, 0.717) is 0 Å². The first-order valence-corrected chi connectivity index (χ1v) is 3.10. The maximum Gasteiger partial charge on any atom is 0.631 e. The molecule has 0 bridgehead atoms. The Hall–Kier alpha value is 1.05. The summed E-state index contributed by atoms with van der Waals surface area (Å²) in [6.45, 7) is 0. The molecule has 0 saturated carbocycles. The van der Waals surface area contributed by atoms with Crippen LogP contribution in [0.2, 0.25) is 0 Å². The summed E-state index contributed by atoms with van der Waals surface area (Å²) < 4.78 is 0. The second-order valence-electron chi connectivity index (χ2n) is 1.39. The Kier molecular flexibility index (Phi) is 46.7. The fourth-order valence-electron chi connectivity index (χ4n) is 0. The molecule has 0 aliphatic rings. The van der Waals surface area contributed by atoms with Gasteiger partial charge in [0.05, 0.1) is 0 Å². The average Bonchev–Trinajstić information content (AvgIpc) is 1.76. The van der Waals surface area contributed by atoms with Gasteiger partial charge in [-0.2, -0.15) is 0 Å². The summed E-state index contributed by atoms with van der Waals surface area (Å²) in [6.07, 6.45) is 0. The maximum atomic E-state index is 7.17. The van der Waals surface area contributed by atoms with E-state index in [-0.39, 0.29) is 38.2 Å². The minimum absolute atomic E-state index is 0. The van der Waals surface area contributed by atoms with Crippen molar-refractivity contribution in [3.63, 3.8) is 0 Å². The molecule has 0 aromatic rings. The van der Waals surface area contributed by atoms with Crippen molar-refractivity contribution in [1.82, 2.24) is 0 Å². The first-order chi connectivity index (χ1) is 6.93. The van der Waals surface area contributed by atoms with Crippen LogP contribution in [0, 0.1) is 38.2 Å². The molecule has 0 rings (SSSR count). The predicted octanol–water partition coefficient (Wildman–Crippen LogP) is -8.21. The molecule has 0 radical (unpaired) electrons. The van der Waals surface area contributed by atoms with E-state index in [1.807, 2.05) is 0 Å². The third-order valence-corrected chi connectivity index (χ3v) is 0. The van der Waals surface area contributed by atoms with E-state index in [2.05, 4.69) is 0 Å². The van der Waals surface area contributed by atoms with Crippen molar-refractivity contribution in [2.75, 3.05) is 0 Å². The van der Waals surface area contributed by atoms with E-state index in [1.54, 1.807) is 0 Å². The quantitative estimate of drug-likeness (QED) is 0.167. The van der Waals surface area contributed by atoms with Crippen LogP contribution in [0.3, 0.4) is 0 Å². The average molecular weight is 410 g/mol. The molecule has 0 atom stereocenters. The second-order valence-corrected chi connectivity index (χ2v) is 1.39. The Labute approximate surface area is 127 Å². The molecule has 0 saturated heterocycles. The molecule has 0 aromatic heterocycles. The molecule has 0 aliphatic carbocycles. The molecule has 0 fully saturated rings. The summed E-state index contributed by atoms with van der Waals surface area (Å²) in [5.41, 5.74) is 0. The number of rotatable bonds is 0. The minimum atomic E-state index is -2.17. The molecular formula is H12B4DyO12. The molecule has 12 N–H and O–H groups in total. The minimum Gasteiger partial charge on any atom is -0.402 e. The van der Waals surface area contributed by atoms with Crippen LogP contribution in [-0.2, 0) is 0 Å². The molecule has 17 heavy (non-hydrogen) atoms. The SMILES string of the molecule is OB(O)O.OB(O)O.OB(O)O.OB(O)O.[Dy]. The van der Waals surface area contributed by atoms with E-state index in [9.17, 15) is 0 Å². The van der Waals surface area contributed by atoms with Crippen LogP contribution in [-0.4, -0.2) is 89.6 Å². The van der Waals surface area contributed by atoms with Crippen molar-refractivity contribution < 1.29 is 98.5 Å². The molecule has 0 amide bonds. The third-order valence-electron chi connectivity index (χ3n) is 0. The van der Waals surface area contributed by atoms with Crippen molar-refractivity contribution in [1.29, 1.82) is 0 Å². The van der Waals surface area contributed by atoms with E-state index in [4.69, 9.17) is 60.3 Å². The Morgan fingerprint density at radius 3 is 0.294 bits per heavy atom. The van der Waals surface area contributed by atoms with Crippen LogP contribution in [0.5, 0.6) is 0 Å². The van der Waals surface area contributed by atoms with E-state index in [0.717, 1.165) is 0 Å². The van der Waals surface area contributed by atoms with Gasteiger partial charge >= 0.3 is 29.3 Å². The molecule has 0 spiro atoms. The van der Waals surface area contributed by atoms with Gasteiger partial charge in [0.2, 0.25) is 0 Å². The van der Waals surface area contributed by atoms with Gasteiger partial charge in [-0.3, -0.25) is 0 Å². The molecule has 0 aromatic carbocycles. The Bertz CT molecular complexity index is 61.5. The van der Waals surface area contributed by atoms with E-state index < -0.39 is 29.3 Å². The van der Waals surface area contributed by atoms with Crippen molar-refractivity contribution in [3.05, 3.63) is 0 Å². The van der Waals surface area contributed by atoms with Crippen molar-refractivity contribution in [2.45, 2.75) is 0 Å². The van der Waals surface area contributed by atoms with Gasteiger partial charge in [0.25, 0.3) is 0 Å². The van der Waals surface area contributed by atoms with Crippen LogP contribution in [0.25, 0.3) is 0 Å². The molecule has 0 aliphatic heterocycles. The van der Waals surface area contributed by atoms with Gasteiger partial charge in [-0.25, -0.2) is 0 Å². The summed E-state index contributed by atoms with van der Waals surface area (Å²) in [6, 6.07) is 0. The fraction of sp³-hybridized carbons (Fsp3) is 0. The summed E-state index contributed by atoms with van der Waals surface area (Å²) >= 11 is 0. The van der Waals surface area contributed by atoms with Crippen LogP contribution in [0.1, 0.15) is 0 Å². The molecule has 17 heteroatoms. The van der Waals surface area contributed by atoms with E-state index >= 15 is 0 Å².